The quantitative estimate of drug-likeness (QED) is 0.325. The smallest absolute Gasteiger partial charge is 0.191 e. The SMILES string of the molecule is CN=C(NCCc1ccc(OC)cc1Cl)NCc1ccc(COC)cc1.I. The minimum absolute atomic E-state index is 0. The number of methoxy groups -OCH3 is 2. The molecule has 7 heteroatoms. The molecular weight excluding hydrogens is 477 g/mol. The van der Waals surface area contributed by atoms with Crippen LogP contribution in [0.3, 0.4) is 0 Å². The van der Waals surface area contributed by atoms with Crippen molar-refractivity contribution >= 4 is 41.5 Å². The molecule has 2 rings (SSSR count). The number of ether oxygens (including phenoxy) is 2. The van der Waals surface area contributed by atoms with Crippen molar-refractivity contribution in [3.8, 4) is 5.75 Å². The number of halogens is 2. The van der Waals surface area contributed by atoms with Crippen LogP contribution in [0.15, 0.2) is 47.5 Å². The fourth-order valence-electron chi connectivity index (χ4n) is 2.50. The Bertz CT molecular complexity index is 724. The van der Waals surface area contributed by atoms with Gasteiger partial charge in [-0.2, -0.15) is 0 Å². The molecule has 0 atom stereocenters. The van der Waals surface area contributed by atoms with E-state index in [0.717, 1.165) is 35.8 Å². The molecule has 0 aliphatic carbocycles. The van der Waals surface area contributed by atoms with E-state index in [4.69, 9.17) is 21.1 Å². The first kappa shape index (κ1) is 23.5. The largest absolute Gasteiger partial charge is 0.497 e. The van der Waals surface area contributed by atoms with Gasteiger partial charge in [0, 0.05) is 32.3 Å². The zero-order chi connectivity index (χ0) is 18.8. The van der Waals surface area contributed by atoms with Crippen LogP contribution >= 0.6 is 35.6 Å². The summed E-state index contributed by atoms with van der Waals surface area (Å²) in [4.78, 5) is 4.25. The maximum atomic E-state index is 6.27. The van der Waals surface area contributed by atoms with Crippen molar-refractivity contribution in [3.63, 3.8) is 0 Å². The van der Waals surface area contributed by atoms with Gasteiger partial charge in [0.05, 0.1) is 13.7 Å². The zero-order valence-electron chi connectivity index (χ0n) is 15.9. The van der Waals surface area contributed by atoms with Gasteiger partial charge >= 0.3 is 0 Å². The third-order valence-corrected chi connectivity index (χ3v) is 4.32. The number of hydrogen-bond donors (Lipinski definition) is 2. The number of rotatable bonds is 8. The lowest BCUT2D eigenvalue weighted by Gasteiger charge is -2.13. The molecule has 0 saturated carbocycles. The average Bonchev–Trinajstić information content (AvgIpc) is 2.67. The van der Waals surface area contributed by atoms with Crippen LogP contribution in [0.5, 0.6) is 5.75 Å². The molecule has 0 heterocycles. The van der Waals surface area contributed by atoms with Gasteiger partial charge in [0.15, 0.2) is 5.96 Å². The number of hydrogen-bond acceptors (Lipinski definition) is 3. The molecule has 5 nitrogen and oxygen atoms in total. The Morgan fingerprint density at radius 1 is 1.04 bits per heavy atom. The molecule has 2 N–H and O–H groups in total. The second kappa shape index (κ2) is 12.8. The van der Waals surface area contributed by atoms with Crippen molar-refractivity contribution in [2.75, 3.05) is 27.8 Å². The van der Waals surface area contributed by atoms with Gasteiger partial charge in [0.1, 0.15) is 5.75 Å². The van der Waals surface area contributed by atoms with Crippen LogP contribution in [-0.4, -0.2) is 33.8 Å². The van der Waals surface area contributed by atoms with Crippen molar-refractivity contribution in [1.82, 2.24) is 10.6 Å². The third-order valence-electron chi connectivity index (χ3n) is 3.96. The highest BCUT2D eigenvalue weighted by molar-refractivity contribution is 14.0. The summed E-state index contributed by atoms with van der Waals surface area (Å²) in [5.74, 6) is 1.52. The van der Waals surface area contributed by atoms with Crippen LogP contribution in [-0.2, 0) is 24.3 Å². The molecule has 0 spiro atoms. The summed E-state index contributed by atoms with van der Waals surface area (Å²) in [6.07, 6.45) is 0.801. The van der Waals surface area contributed by atoms with Gasteiger partial charge in [-0.05, 0) is 35.2 Å². The molecule has 148 valence electrons. The first-order chi connectivity index (χ1) is 12.7. The van der Waals surface area contributed by atoms with Gasteiger partial charge in [-0.15, -0.1) is 24.0 Å². The number of aliphatic imine (C=N–C) groups is 1. The third kappa shape index (κ3) is 7.94. The van der Waals surface area contributed by atoms with Gasteiger partial charge in [0.25, 0.3) is 0 Å². The van der Waals surface area contributed by atoms with Crippen LogP contribution in [0.25, 0.3) is 0 Å². The molecule has 0 radical (unpaired) electrons. The molecule has 0 aliphatic heterocycles. The second-order valence-corrected chi connectivity index (χ2v) is 6.22. The molecule has 0 bridgehead atoms. The van der Waals surface area contributed by atoms with Crippen molar-refractivity contribution in [3.05, 3.63) is 64.2 Å². The summed E-state index contributed by atoms with van der Waals surface area (Å²) in [5, 5.41) is 7.33. The molecule has 2 aromatic rings. The van der Waals surface area contributed by atoms with Gasteiger partial charge in [-0.25, -0.2) is 0 Å². The van der Waals surface area contributed by atoms with E-state index < -0.39 is 0 Å². The predicted molar refractivity (Wildman–Crippen MR) is 122 cm³/mol. The monoisotopic (exact) mass is 503 g/mol. The first-order valence-corrected chi connectivity index (χ1v) is 8.87. The summed E-state index contributed by atoms with van der Waals surface area (Å²) in [6.45, 7) is 2.07. The minimum Gasteiger partial charge on any atom is -0.497 e. The standard InChI is InChI=1S/C20H26ClN3O2.HI/c1-22-20(24-13-15-4-6-16(7-5-15)14-25-2)23-11-10-17-8-9-18(26-3)12-19(17)21;/h4-9,12H,10-11,13-14H2,1-3H3,(H2,22,23,24);1H. The van der Waals surface area contributed by atoms with Crippen molar-refractivity contribution < 1.29 is 9.47 Å². The lowest BCUT2D eigenvalue weighted by atomic mass is 10.1. The lowest BCUT2D eigenvalue weighted by Crippen LogP contribution is -2.37. The maximum Gasteiger partial charge on any atom is 0.191 e. The van der Waals surface area contributed by atoms with E-state index in [1.165, 1.54) is 5.56 Å². The van der Waals surface area contributed by atoms with Gasteiger partial charge in [-0.1, -0.05) is 41.9 Å². The molecule has 0 unspecified atom stereocenters. The molecule has 0 amide bonds. The number of benzene rings is 2. The van der Waals surface area contributed by atoms with Crippen molar-refractivity contribution in [2.24, 2.45) is 4.99 Å². The Kier molecular flexibility index (Phi) is 11.2. The van der Waals surface area contributed by atoms with Crippen LogP contribution in [0.4, 0.5) is 0 Å². The normalized spacial score (nSPS) is 10.9. The number of nitrogens with zero attached hydrogens (tertiary/aromatic N) is 1. The van der Waals surface area contributed by atoms with E-state index >= 15 is 0 Å². The molecule has 0 aliphatic rings. The second-order valence-electron chi connectivity index (χ2n) is 5.81. The van der Waals surface area contributed by atoms with Gasteiger partial charge in [-0.3, -0.25) is 4.99 Å². The predicted octanol–water partition coefficient (Wildman–Crippen LogP) is 4.02. The van der Waals surface area contributed by atoms with Crippen molar-refractivity contribution in [1.29, 1.82) is 0 Å². The molecule has 2 aromatic carbocycles. The molecule has 27 heavy (non-hydrogen) atoms. The highest BCUT2D eigenvalue weighted by Crippen LogP contribution is 2.22. The Morgan fingerprint density at radius 3 is 2.33 bits per heavy atom. The number of nitrogens with one attached hydrogen (secondary N) is 2. The Morgan fingerprint density at radius 2 is 1.74 bits per heavy atom. The minimum atomic E-state index is 0. The van der Waals surface area contributed by atoms with E-state index in [0.29, 0.717) is 18.2 Å². The first-order valence-electron chi connectivity index (χ1n) is 8.50. The summed E-state index contributed by atoms with van der Waals surface area (Å²) < 4.78 is 10.3. The average molecular weight is 504 g/mol. The summed E-state index contributed by atoms with van der Waals surface area (Å²) >= 11 is 6.27. The molecular formula is C20H27ClIN3O2. The number of guanidine groups is 1. The topological polar surface area (TPSA) is 54.9 Å². The van der Waals surface area contributed by atoms with Crippen LogP contribution in [0.1, 0.15) is 16.7 Å². The van der Waals surface area contributed by atoms with E-state index in [-0.39, 0.29) is 24.0 Å². The van der Waals surface area contributed by atoms with Gasteiger partial charge < -0.3 is 20.1 Å². The Balaban J connectivity index is 0.00000364. The molecule has 0 fully saturated rings. The fraction of sp³-hybridized carbons (Fsp3) is 0.350. The van der Waals surface area contributed by atoms with Gasteiger partial charge in [0.2, 0.25) is 0 Å². The van der Waals surface area contributed by atoms with E-state index in [9.17, 15) is 0 Å². The van der Waals surface area contributed by atoms with Crippen LogP contribution < -0.4 is 15.4 Å². The van der Waals surface area contributed by atoms with E-state index in [2.05, 4.69) is 39.9 Å². The van der Waals surface area contributed by atoms with Crippen LogP contribution in [0, 0.1) is 0 Å². The Labute approximate surface area is 183 Å². The summed E-state index contributed by atoms with van der Waals surface area (Å²) in [7, 11) is 5.09. The highest BCUT2D eigenvalue weighted by Gasteiger charge is 2.04. The molecule has 0 aromatic heterocycles. The highest BCUT2D eigenvalue weighted by atomic mass is 127. The maximum absolute atomic E-state index is 6.27. The van der Waals surface area contributed by atoms with E-state index in [1.54, 1.807) is 21.3 Å². The zero-order valence-corrected chi connectivity index (χ0v) is 19.0. The summed E-state index contributed by atoms with van der Waals surface area (Å²) in [5.41, 5.74) is 3.42. The fourth-order valence-corrected chi connectivity index (χ4v) is 2.76. The summed E-state index contributed by atoms with van der Waals surface area (Å²) in [6, 6.07) is 14.1. The van der Waals surface area contributed by atoms with Crippen molar-refractivity contribution in [2.45, 2.75) is 19.6 Å². The Hall–Kier alpha value is -1.51. The van der Waals surface area contributed by atoms with E-state index in [1.807, 2.05) is 18.2 Å². The van der Waals surface area contributed by atoms with Crippen LogP contribution in [0.2, 0.25) is 5.02 Å². The molecule has 0 saturated heterocycles. The lowest BCUT2D eigenvalue weighted by molar-refractivity contribution is 0.185.